The van der Waals surface area contributed by atoms with Crippen molar-refractivity contribution in [3.05, 3.63) is 11.8 Å². The van der Waals surface area contributed by atoms with E-state index in [0.29, 0.717) is 23.7 Å². The fourth-order valence-corrected chi connectivity index (χ4v) is 4.30. The maximum absolute atomic E-state index is 13.1. The van der Waals surface area contributed by atoms with Gasteiger partial charge in [0.05, 0.1) is 12.6 Å². The SMILES string of the molecule is CCCN1CC2(CCN(C)CC2)CC1C(=O)N(C)Cc1nnc(C)o1. The summed E-state index contributed by atoms with van der Waals surface area (Å²) in [7, 11) is 4.03. The average molecular weight is 349 g/mol. The van der Waals surface area contributed by atoms with E-state index in [1.165, 1.54) is 12.8 Å². The van der Waals surface area contributed by atoms with Gasteiger partial charge in [0.1, 0.15) is 0 Å². The molecule has 2 aliphatic rings. The van der Waals surface area contributed by atoms with Crippen LogP contribution in [-0.2, 0) is 11.3 Å². The zero-order valence-electron chi connectivity index (χ0n) is 16.0. The van der Waals surface area contributed by atoms with E-state index in [-0.39, 0.29) is 11.9 Å². The molecule has 2 fully saturated rings. The fourth-order valence-electron chi connectivity index (χ4n) is 4.30. The molecule has 1 atom stereocenters. The highest BCUT2D eigenvalue weighted by Gasteiger charge is 2.47. The van der Waals surface area contributed by atoms with Crippen molar-refractivity contribution in [3.8, 4) is 0 Å². The highest BCUT2D eigenvalue weighted by Crippen LogP contribution is 2.43. The van der Waals surface area contributed by atoms with Crippen molar-refractivity contribution in [2.45, 2.75) is 52.1 Å². The van der Waals surface area contributed by atoms with Gasteiger partial charge in [0.15, 0.2) is 0 Å². The Morgan fingerprint density at radius 3 is 2.68 bits per heavy atom. The third-order valence-electron chi connectivity index (χ3n) is 5.77. The molecule has 3 rings (SSSR count). The summed E-state index contributed by atoms with van der Waals surface area (Å²) < 4.78 is 5.43. The van der Waals surface area contributed by atoms with Crippen LogP contribution < -0.4 is 0 Å². The molecule has 25 heavy (non-hydrogen) atoms. The van der Waals surface area contributed by atoms with E-state index in [2.05, 4.69) is 34.0 Å². The van der Waals surface area contributed by atoms with Crippen molar-refractivity contribution in [3.63, 3.8) is 0 Å². The van der Waals surface area contributed by atoms with Crippen LogP contribution in [0.4, 0.5) is 0 Å². The molecule has 1 amide bonds. The number of hydrogen-bond acceptors (Lipinski definition) is 6. The van der Waals surface area contributed by atoms with Crippen molar-refractivity contribution >= 4 is 5.91 Å². The van der Waals surface area contributed by atoms with Gasteiger partial charge < -0.3 is 14.2 Å². The van der Waals surface area contributed by atoms with E-state index in [9.17, 15) is 4.79 Å². The van der Waals surface area contributed by atoms with E-state index in [4.69, 9.17) is 4.42 Å². The number of aromatic nitrogens is 2. The Kier molecular flexibility index (Phi) is 5.43. The predicted octanol–water partition coefficient (Wildman–Crippen LogP) is 1.53. The van der Waals surface area contributed by atoms with Gasteiger partial charge in [-0.15, -0.1) is 10.2 Å². The number of nitrogens with zero attached hydrogens (tertiary/aromatic N) is 5. The second-order valence-electron chi connectivity index (χ2n) is 7.90. The van der Waals surface area contributed by atoms with Crippen LogP contribution >= 0.6 is 0 Å². The lowest BCUT2D eigenvalue weighted by Gasteiger charge is -2.37. The zero-order valence-corrected chi connectivity index (χ0v) is 16.0. The molecule has 0 radical (unpaired) electrons. The molecule has 7 nitrogen and oxygen atoms in total. The van der Waals surface area contributed by atoms with Gasteiger partial charge in [-0.25, -0.2) is 0 Å². The molecule has 0 N–H and O–H groups in total. The van der Waals surface area contributed by atoms with E-state index in [1.807, 2.05) is 7.05 Å². The van der Waals surface area contributed by atoms with Gasteiger partial charge in [0, 0.05) is 20.5 Å². The maximum Gasteiger partial charge on any atom is 0.240 e. The highest BCUT2D eigenvalue weighted by molar-refractivity contribution is 5.82. The summed E-state index contributed by atoms with van der Waals surface area (Å²) in [5.74, 6) is 1.22. The molecule has 3 heterocycles. The minimum absolute atomic E-state index is 0.0163. The summed E-state index contributed by atoms with van der Waals surface area (Å²) in [6.07, 6.45) is 4.44. The molecule has 0 aliphatic carbocycles. The Labute approximate surface area is 150 Å². The first-order chi connectivity index (χ1) is 11.9. The normalized spacial score (nSPS) is 24.1. The molecule has 7 heteroatoms. The number of hydrogen-bond donors (Lipinski definition) is 0. The van der Waals surface area contributed by atoms with Crippen LogP contribution in [0.3, 0.4) is 0 Å². The van der Waals surface area contributed by atoms with Gasteiger partial charge in [0.2, 0.25) is 17.7 Å². The molecule has 2 aliphatic heterocycles. The highest BCUT2D eigenvalue weighted by atomic mass is 16.4. The summed E-state index contributed by atoms with van der Waals surface area (Å²) in [4.78, 5) is 19.7. The fraction of sp³-hybridized carbons (Fsp3) is 0.833. The molecule has 1 aromatic heterocycles. The third-order valence-corrected chi connectivity index (χ3v) is 5.77. The van der Waals surface area contributed by atoms with E-state index >= 15 is 0 Å². The summed E-state index contributed by atoms with van der Waals surface area (Å²) in [6.45, 7) is 8.65. The second-order valence-corrected chi connectivity index (χ2v) is 7.90. The molecule has 0 bridgehead atoms. The maximum atomic E-state index is 13.1. The molecule has 1 unspecified atom stereocenters. The molecule has 0 aromatic carbocycles. The first-order valence-electron chi connectivity index (χ1n) is 9.39. The molecule has 2 saturated heterocycles. The summed E-state index contributed by atoms with van der Waals surface area (Å²) >= 11 is 0. The van der Waals surface area contributed by atoms with Crippen LogP contribution in [-0.4, -0.2) is 77.1 Å². The van der Waals surface area contributed by atoms with Crippen molar-refractivity contribution in [2.75, 3.05) is 40.3 Å². The number of rotatable bonds is 5. The van der Waals surface area contributed by atoms with Gasteiger partial charge in [-0.3, -0.25) is 9.69 Å². The summed E-state index contributed by atoms with van der Waals surface area (Å²) in [5, 5.41) is 7.86. The number of likely N-dealkylation sites (tertiary alicyclic amines) is 2. The number of amides is 1. The largest absolute Gasteiger partial charge is 0.424 e. The van der Waals surface area contributed by atoms with Crippen LogP contribution in [0, 0.1) is 12.3 Å². The van der Waals surface area contributed by atoms with E-state index in [1.54, 1.807) is 11.8 Å². The Morgan fingerprint density at radius 2 is 2.08 bits per heavy atom. The topological polar surface area (TPSA) is 65.7 Å². The summed E-state index contributed by atoms with van der Waals surface area (Å²) in [5.41, 5.74) is 0.309. The Morgan fingerprint density at radius 1 is 1.36 bits per heavy atom. The van der Waals surface area contributed by atoms with Gasteiger partial charge in [-0.2, -0.15) is 0 Å². The lowest BCUT2D eigenvalue weighted by molar-refractivity contribution is -0.135. The second kappa shape index (κ2) is 7.41. The van der Waals surface area contributed by atoms with Gasteiger partial charge in [0.25, 0.3) is 0 Å². The van der Waals surface area contributed by atoms with Crippen LogP contribution in [0.5, 0.6) is 0 Å². The first kappa shape index (κ1) is 18.3. The lowest BCUT2D eigenvalue weighted by Crippen LogP contribution is -2.44. The molecule has 0 saturated carbocycles. The first-order valence-corrected chi connectivity index (χ1v) is 9.39. The molecule has 1 aromatic rings. The number of likely N-dealkylation sites (N-methyl/N-ethyl adjacent to an activating group) is 1. The lowest BCUT2D eigenvalue weighted by atomic mass is 9.76. The van der Waals surface area contributed by atoms with Crippen LogP contribution in [0.1, 0.15) is 44.4 Å². The van der Waals surface area contributed by atoms with Crippen LogP contribution in [0.15, 0.2) is 4.42 Å². The Bertz CT molecular complexity index is 594. The predicted molar refractivity (Wildman–Crippen MR) is 94.9 cm³/mol. The van der Waals surface area contributed by atoms with Crippen LogP contribution in [0.25, 0.3) is 0 Å². The number of piperidine rings is 1. The standard InChI is InChI=1S/C18H31N5O2/c1-5-8-23-13-18(6-9-21(3)10-7-18)11-15(23)17(24)22(4)12-16-20-19-14(2)25-16/h15H,5-13H2,1-4H3. The number of carbonyl (C=O) groups is 1. The van der Waals surface area contributed by atoms with Crippen molar-refractivity contribution in [2.24, 2.45) is 5.41 Å². The smallest absolute Gasteiger partial charge is 0.240 e. The summed E-state index contributed by atoms with van der Waals surface area (Å²) in [6, 6.07) is -0.0163. The molecule has 1 spiro atoms. The minimum Gasteiger partial charge on any atom is -0.424 e. The van der Waals surface area contributed by atoms with Crippen molar-refractivity contribution in [1.82, 2.24) is 24.9 Å². The van der Waals surface area contributed by atoms with E-state index in [0.717, 1.165) is 39.0 Å². The average Bonchev–Trinajstić information content (AvgIpc) is 3.14. The quantitative estimate of drug-likeness (QED) is 0.803. The number of aryl methyl sites for hydroxylation is 1. The molecular formula is C18H31N5O2. The Hall–Kier alpha value is -1.47. The van der Waals surface area contributed by atoms with Crippen molar-refractivity contribution < 1.29 is 9.21 Å². The molecule has 140 valence electrons. The van der Waals surface area contributed by atoms with Gasteiger partial charge >= 0.3 is 0 Å². The van der Waals surface area contributed by atoms with Crippen molar-refractivity contribution in [1.29, 1.82) is 0 Å². The van der Waals surface area contributed by atoms with Gasteiger partial charge in [-0.1, -0.05) is 6.92 Å². The third kappa shape index (κ3) is 4.03. The zero-order chi connectivity index (χ0) is 18.0. The monoisotopic (exact) mass is 349 g/mol. The van der Waals surface area contributed by atoms with Crippen LogP contribution in [0.2, 0.25) is 0 Å². The minimum atomic E-state index is -0.0163. The van der Waals surface area contributed by atoms with Gasteiger partial charge in [-0.05, 0) is 57.8 Å². The Balaban J connectivity index is 1.68. The van der Waals surface area contributed by atoms with E-state index < -0.39 is 0 Å². The molecular weight excluding hydrogens is 318 g/mol. The number of carbonyl (C=O) groups excluding carboxylic acids is 1.